The molecule has 0 saturated heterocycles. The standard InChI is InChI=1S/C18H19NO2/c1-13-6-5-9-16(10-13)19-18(17(20)21-2)11-14-7-3-4-8-15(14)12-18/h3-10,19H,11-12H2,1-2H3. The van der Waals surface area contributed by atoms with Crippen molar-refractivity contribution < 1.29 is 9.53 Å². The van der Waals surface area contributed by atoms with Gasteiger partial charge in [-0.1, -0.05) is 36.4 Å². The Morgan fingerprint density at radius 2 is 1.76 bits per heavy atom. The molecule has 0 unspecified atom stereocenters. The smallest absolute Gasteiger partial charge is 0.332 e. The van der Waals surface area contributed by atoms with Crippen molar-refractivity contribution in [1.82, 2.24) is 0 Å². The van der Waals surface area contributed by atoms with E-state index in [2.05, 4.69) is 17.4 Å². The third kappa shape index (κ3) is 2.51. The summed E-state index contributed by atoms with van der Waals surface area (Å²) in [5.41, 5.74) is 3.83. The Bertz CT molecular complexity index is 653. The number of carbonyl (C=O) groups is 1. The average molecular weight is 281 g/mol. The minimum atomic E-state index is -0.702. The first-order chi connectivity index (χ1) is 10.1. The van der Waals surface area contributed by atoms with Gasteiger partial charge in [0.15, 0.2) is 0 Å². The highest BCUT2D eigenvalue weighted by molar-refractivity contribution is 5.86. The quantitative estimate of drug-likeness (QED) is 0.879. The van der Waals surface area contributed by atoms with Gasteiger partial charge in [-0.2, -0.15) is 0 Å². The number of fused-ring (bicyclic) bond motifs is 1. The predicted octanol–water partition coefficient (Wildman–Crippen LogP) is 3.12. The van der Waals surface area contributed by atoms with E-state index in [1.807, 2.05) is 43.3 Å². The summed E-state index contributed by atoms with van der Waals surface area (Å²) in [5.74, 6) is -0.208. The molecule has 0 aliphatic heterocycles. The van der Waals surface area contributed by atoms with E-state index in [-0.39, 0.29) is 5.97 Å². The molecule has 3 rings (SSSR count). The molecule has 0 bridgehead atoms. The van der Waals surface area contributed by atoms with Crippen LogP contribution in [0.4, 0.5) is 5.69 Å². The van der Waals surface area contributed by atoms with Crippen molar-refractivity contribution in [2.75, 3.05) is 12.4 Å². The van der Waals surface area contributed by atoms with E-state index in [0.29, 0.717) is 12.8 Å². The molecule has 2 aromatic rings. The number of rotatable bonds is 3. The minimum absolute atomic E-state index is 0.208. The van der Waals surface area contributed by atoms with Crippen molar-refractivity contribution in [3.8, 4) is 0 Å². The Balaban J connectivity index is 1.95. The van der Waals surface area contributed by atoms with Crippen LogP contribution < -0.4 is 5.32 Å². The van der Waals surface area contributed by atoms with Gasteiger partial charge in [-0.25, -0.2) is 4.79 Å². The maximum atomic E-state index is 12.4. The van der Waals surface area contributed by atoms with Crippen LogP contribution >= 0.6 is 0 Å². The second-order valence-corrected chi connectivity index (χ2v) is 5.69. The Labute approximate surface area is 124 Å². The van der Waals surface area contributed by atoms with Crippen LogP contribution in [0.5, 0.6) is 0 Å². The lowest BCUT2D eigenvalue weighted by Gasteiger charge is -2.28. The van der Waals surface area contributed by atoms with Crippen LogP contribution in [0, 0.1) is 6.92 Å². The minimum Gasteiger partial charge on any atom is -0.467 e. The molecule has 0 heterocycles. The molecule has 3 heteroatoms. The van der Waals surface area contributed by atoms with E-state index in [1.165, 1.54) is 18.2 Å². The molecule has 0 amide bonds. The van der Waals surface area contributed by atoms with E-state index >= 15 is 0 Å². The van der Waals surface area contributed by atoms with E-state index < -0.39 is 5.54 Å². The monoisotopic (exact) mass is 281 g/mol. The number of anilines is 1. The zero-order chi connectivity index (χ0) is 14.9. The highest BCUT2D eigenvalue weighted by atomic mass is 16.5. The zero-order valence-electron chi connectivity index (χ0n) is 12.3. The first kappa shape index (κ1) is 13.7. The maximum Gasteiger partial charge on any atom is 0.332 e. The number of aryl methyl sites for hydroxylation is 1. The molecule has 1 aliphatic carbocycles. The second-order valence-electron chi connectivity index (χ2n) is 5.69. The molecule has 0 atom stereocenters. The molecular weight excluding hydrogens is 262 g/mol. The maximum absolute atomic E-state index is 12.4. The molecular formula is C18H19NO2. The van der Waals surface area contributed by atoms with Crippen molar-refractivity contribution in [3.05, 3.63) is 65.2 Å². The lowest BCUT2D eigenvalue weighted by Crippen LogP contribution is -2.48. The normalized spacial score (nSPS) is 15.3. The van der Waals surface area contributed by atoms with Gasteiger partial charge in [0, 0.05) is 18.5 Å². The fourth-order valence-corrected chi connectivity index (χ4v) is 3.09. The van der Waals surface area contributed by atoms with Crippen LogP contribution in [0.2, 0.25) is 0 Å². The summed E-state index contributed by atoms with van der Waals surface area (Å²) >= 11 is 0. The first-order valence-corrected chi connectivity index (χ1v) is 7.13. The van der Waals surface area contributed by atoms with E-state index in [1.54, 1.807) is 0 Å². The molecule has 3 nitrogen and oxygen atoms in total. The number of hydrogen-bond acceptors (Lipinski definition) is 3. The van der Waals surface area contributed by atoms with Crippen molar-refractivity contribution in [3.63, 3.8) is 0 Å². The summed E-state index contributed by atoms with van der Waals surface area (Å²) in [6.45, 7) is 2.04. The lowest BCUT2D eigenvalue weighted by molar-refractivity contribution is -0.145. The number of carbonyl (C=O) groups excluding carboxylic acids is 1. The summed E-state index contributed by atoms with van der Waals surface area (Å²) in [4.78, 5) is 12.4. The molecule has 2 aromatic carbocycles. The number of ether oxygens (including phenoxy) is 1. The Kier molecular flexibility index (Phi) is 3.42. The Morgan fingerprint density at radius 1 is 1.10 bits per heavy atom. The number of hydrogen-bond donors (Lipinski definition) is 1. The van der Waals surface area contributed by atoms with Gasteiger partial charge in [0.25, 0.3) is 0 Å². The largest absolute Gasteiger partial charge is 0.467 e. The molecule has 0 aromatic heterocycles. The fraction of sp³-hybridized carbons (Fsp3) is 0.278. The van der Waals surface area contributed by atoms with Gasteiger partial charge in [-0.05, 0) is 35.7 Å². The van der Waals surface area contributed by atoms with Crippen molar-refractivity contribution >= 4 is 11.7 Å². The predicted molar refractivity (Wildman–Crippen MR) is 83.4 cm³/mol. The third-order valence-corrected chi connectivity index (χ3v) is 4.08. The van der Waals surface area contributed by atoms with Crippen LogP contribution in [0.1, 0.15) is 16.7 Å². The highest BCUT2D eigenvalue weighted by Gasteiger charge is 2.44. The molecule has 0 saturated carbocycles. The Morgan fingerprint density at radius 3 is 2.33 bits per heavy atom. The number of esters is 1. The van der Waals surface area contributed by atoms with E-state index in [9.17, 15) is 4.79 Å². The van der Waals surface area contributed by atoms with Crippen LogP contribution in [-0.4, -0.2) is 18.6 Å². The number of nitrogens with one attached hydrogen (secondary N) is 1. The average Bonchev–Trinajstić information content (AvgIpc) is 2.85. The topological polar surface area (TPSA) is 38.3 Å². The lowest BCUT2D eigenvalue weighted by atomic mass is 9.95. The SMILES string of the molecule is COC(=O)C1(Nc2cccc(C)c2)Cc2ccccc2C1. The molecule has 108 valence electrons. The van der Waals surface area contributed by atoms with Gasteiger partial charge < -0.3 is 10.1 Å². The van der Waals surface area contributed by atoms with Crippen molar-refractivity contribution in [1.29, 1.82) is 0 Å². The van der Waals surface area contributed by atoms with Crippen LogP contribution in [0.3, 0.4) is 0 Å². The van der Waals surface area contributed by atoms with Gasteiger partial charge in [0.1, 0.15) is 5.54 Å². The molecule has 0 spiro atoms. The third-order valence-electron chi connectivity index (χ3n) is 4.08. The van der Waals surface area contributed by atoms with Crippen LogP contribution in [0.15, 0.2) is 48.5 Å². The van der Waals surface area contributed by atoms with Gasteiger partial charge in [0.05, 0.1) is 7.11 Å². The van der Waals surface area contributed by atoms with Gasteiger partial charge >= 0.3 is 5.97 Å². The first-order valence-electron chi connectivity index (χ1n) is 7.13. The second kappa shape index (κ2) is 5.24. The van der Waals surface area contributed by atoms with Crippen molar-refractivity contribution in [2.24, 2.45) is 0 Å². The number of benzene rings is 2. The molecule has 1 N–H and O–H groups in total. The molecule has 1 aliphatic rings. The molecule has 0 radical (unpaired) electrons. The van der Waals surface area contributed by atoms with E-state index in [4.69, 9.17) is 4.74 Å². The fourth-order valence-electron chi connectivity index (χ4n) is 3.09. The Hall–Kier alpha value is -2.29. The van der Waals surface area contributed by atoms with Crippen LogP contribution in [0.25, 0.3) is 0 Å². The highest BCUT2D eigenvalue weighted by Crippen LogP contribution is 2.34. The summed E-state index contributed by atoms with van der Waals surface area (Å²) in [6, 6.07) is 16.3. The summed E-state index contributed by atoms with van der Waals surface area (Å²) in [5, 5.41) is 3.42. The van der Waals surface area contributed by atoms with Gasteiger partial charge in [-0.15, -0.1) is 0 Å². The number of methoxy groups -OCH3 is 1. The summed E-state index contributed by atoms with van der Waals surface area (Å²) in [7, 11) is 1.45. The molecule has 0 fully saturated rings. The molecule has 21 heavy (non-hydrogen) atoms. The summed E-state index contributed by atoms with van der Waals surface area (Å²) < 4.78 is 5.07. The summed E-state index contributed by atoms with van der Waals surface area (Å²) in [6.07, 6.45) is 1.31. The zero-order valence-corrected chi connectivity index (χ0v) is 12.3. The van der Waals surface area contributed by atoms with Gasteiger partial charge in [0.2, 0.25) is 0 Å². The van der Waals surface area contributed by atoms with Crippen molar-refractivity contribution in [2.45, 2.75) is 25.3 Å². The van der Waals surface area contributed by atoms with Gasteiger partial charge in [-0.3, -0.25) is 0 Å². The van der Waals surface area contributed by atoms with E-state index in [0.717, 1.165) is 11.3 Å². The van der Waals surface area contributed by atoms with Crippen LogP contribution in [-0.2, 0) is 22.4 Å².